The van der Waals surface area contributed by atoms with Crippen LogP contribution in [0.1, 0.15) is 44.7 Å². The quantitative estimate of drug-likeness (QED) is 0.317. The second-order valence-corrected chi connectivity index (χ2v) is 11.6. The lowest BCUT2D eigenvalue weighted by molar-refractivity contribution is -0.140. The molecule has 2 amide bonds. The van der Waals surface area contributed by atoms with Gasteiger partial charge in [-0.05, 0) is 68.7 Å². The van der Waals surface area contributed by atoms with Crippen LogP contribution in [0.2, 0.25) is 0 Å². The van der Waals surface area contributed by atoms with Crippen LogP contribution in [0.15, 0.2) is 83.8 Å². The first kappa shape index (κ1) is 30.7. The summed E-state index contributed by atoms with van der Waals surface area (Å²) in [6, 6.07) is 21.4. The molecular weight excluding hydrogens is 526 g/mol. The van der Waals surface area contributed by atoms with Crippen molar-refractivity contribution in [2.75, 3.05) is 18.0 Å². The molecule has 3 rings (SSSR count). The Morgan fingerprint density at radius 3 is 2.20 bits per heavy atom. The summed E-state index contributed by atoms with van der Waals surface area (Å²) in [6.45, 7) is 7.25. The smallest absolute Gasteiger partial charge is 0.264 e. The number of sulfonamides is 1. The summed E-state index contributed by atoms with van der Waals surface area (Å²) in [5.74, 6) is -0.148. The van der Waals surface area contributed by atoms with E-state index in [2.05, 4.69) is 5.32 Å². The number of methoxy groups -OCH3 is 1. The summed E-state index contributed by atoms with van der Waals surface area (Å²) in [5.41, 5.74) is 2.08. The van der Waals surface area contributed by atoms with E-state index in [9.17, 15) is 18.0 Å². The first-order valence-electron chi connectivity index (χ1n) is 13.5. The summed E-state index contributed by atoms with van der Waals surface area (Å²) in [5, 5.41) is 2.98. The zero-order valence-corrected chi connectivity index (χ0v) is 24.6. The largest absolute Gasteiger partial charge is 0.497 e. The van der Waals surface area contributed by atoms with E-state index in [1.54, 1.807) is 61.7 Å². The van der Waals surface area contributed by atoms with Gasteiger partial charge < -0.3 is 15.0 Å². The molecule has 0 aliphatic carbocycles. The van der Waals surface area contributed by atoms with Crippen molar-refractivity contribution >= 4 is 27.5 Å². The lowest BCUT2D eigenvalue weighted by Gasteiger charge is -2.33. The Morgan fingerprint density at radius 1 is 0.925 bits per heavy atom. The van der Waals surface area contributed by atoms with E-state index in [0.29, 0.717) is 17.9 Å². The van der Waals surface area contributed by atoms with Crippen molar-refractivity contribution in [2.24, 2.45) is 0 Å². The van der Waals surface area contributed by atoms with E-state index >= 15 is 0 Å². The summed E-state index contributed by atoms with van der Waals surface area (Å²) in [4.78, 5) is 29.0. The van der Waals surface area contributed by atoms with E-state index < -0.39 is 28.5 Å². The van der Waals surface area contributed by atoms with Crippen LogP contribution in [0.4, 0.5) is 5.69 Å². The minimum atomic E-state index is -4.09. The molecule has 1 N–H and O–H groups in total. The number of ether oxygens (including phenoxy) is 1. The molecule has 0 aliphatic rings. The molecule has 0 spiro atoms. The fraction of sp³-hybridized carbons (Fsp3) is 0.355. The highest BCUT2D eigenvalue weighted by atomic mass is 32.2. The maximum absolute atomic E-state index is 14.1. The Bertz CT molecular complexity index is 1380. The Morgan fingerprint density at radius 2 is 1.60 bits per heavy atom. The minimum absolute atomic E-state index is 0.0714. The number of aryl methyl sites for hydroxylation is 1. The molecule has 8 nitrogen and oxygen atoms in total. The molecule has 214 valence electrons. The highest BCUT2D eigenvalue weighted by Gasteiger charge is 2.34. The molecule has 3 aromatic rings. The summed E-state index contributed by atoms with van der Waals surface area (Å²) in [6.07, 6.45) is 1.09. The SMILES string of the molecule is CC[C@@H](C)NC(=O)[C@@H](CC)N(Cc1cccc(OC)c1)C(=O)CN(c1ccc(C)cc1)S(=O)(=O)c1ccccc1. The van der Waals surface area contributed by atoms with Crippen molar-refractivity contribution in [1.82, 2.24) is 10.2 Å². The van der Waals surface area contributed by atoms with Gasteiger partial charge in [0.1, 0.15) is 18.3 Å². The van der Waals surface area contributed by atoms with Gasteiger partial charge in [0.25, 0.3) is 10.0 Å². The van der Waals surface area contributed by atoms with Crippen molar-refractivity contribution in [3.8, 4) is 5.75 Å². The van der Waals surface area contributed by atoms with Crippen LogP contribution in [0.3, 0.4) is 0 Å². The van der Waals surface area contributed by atoms with Crippen LogP contribution in [0, 0.1) is 6.92 Å². The number of amides is 2. The normalized spacial score (nSPS) is 12.7. The lowest BCUT2D eigenvalue weighted by atomic mass is 10.1. The van der Waals surface area contributed by atoms with Gasteiger partial charge >= 0.3 is 0 Å². The zero-order chi connectivity index (χ0) is 29.3. The maximum Gasteiger partial charge on any atom is 0.264 e. The molecule has 0 saturated heterocycles. The number of anilines is 1. The monoisotopic (exact) mass is 565 g/mol. The van der Waals surface area contributed by atoms with Crippen LogP contribution in [0.5, 0.6) is 5.75 Å². The van der Waals surface area contributed by atoms with E-state index in [4.69, 9.17) is 4.74 Å². The number of rotatable bonds is 13. The number of hydrogen-bond donors (Lipinski definition) is 1. The molecule has 0 fully saturated rings. The zero-order valence-electron chi connectivity index (χ0n) is 23.8. The molecule has 0 heterocycles. The van der Waals surface area contributed by atoms with Gasteiger partial charge in [0.2, 0.25) is 11.8 Å². The average molecular weight is 566 g/mol. The van der Waals surface area contributed by atoms with Gasteiger partial charge in [-0.3, -0.25) is 13.9 Å². The second kappa shape index (κ2) is 14.0. The fourth-order valence-corrected chi connectivity index (χ4v) is 5.72. The molecule has 9 heteroatoms. The third kappa shape index (κ3) is 7.63. The van der Waals surface area contributed by atoms with E-state index in [-0.39, 0.29) is 23.4 Å². The predicted molar refractivity (Wildman–Crippen MR) is 158 cm³/mol. The molecule has 0 aliphatic heterocycles. The van der Waals surface area contributed by atoms with Crippen LogP contribution >= 0.6 is 0 Å². The number of nitrogens with one attached hydrogen (secondary N) is 1. The number of hydrogen-bond acceptors (Lipinski definition) is 5. The highest BCUT2D eigenvalue weighted by molar-refractivity contribution is 7.92. The first-order valence-corrected chi connectivity index (χ1v) is 14.9. The molecule has 2 atom stereocenters. The minimum Gasteiger partial charge on any atom is -0.497 e. The number of benzene rings is 3. The van der Waals surface area contributed by atoms with Crippen LogP contribution in [-0.4, -0.2) is 50.9 Å². The molecule has 0 aromatic heterocycles. The molecule has 40 heavy (non-hydrogen) atoms. The van der Waals surface area contributed by atoms with Gasteiger partial charge in [0, 0.05) is 12.6 Å². The molecule has 3 aromatic carbocycles. The number of carbonyl (C=O) groups excluding carboxylic acids is 2. The van der Waals surface area contributed by atoms with Crippen LogP contribution < -0.4 is 14.4 Å². The van der Waals surface area contributed by atoms with Crippen molar-refractivity contribution in [3.63, 3.8) is 0 Å². The fourth-order valence-electron chi connectivity index (χ4n) is 4.29. The molecule has 0 unspecified atom stereocenters. The van der Waals surface area contributed by atoms with Crippen LogP contribution in [0.25, 0.3) is 0 Å². The van der Waals surface area contributed by atoms with Crippen molar-refractivity contribution < 1.29 is 22.7 Å². The summed E-state index contributed by atoms with van der Waals surface area (Å²) >= 11 is 0. The second-order valence-electron chi connectivity index (χ2n) is 9.78. The predicted octanol–water partition coefficient (Wildman–Crippen LogP) is 4.92. The topological polar surface area (TPSA) is 96.0 Å². The average Bonchev–Trinajstić information content (AvgIpc) is 2.96. The third-order valence-corrected chi connectivity index (χ3v) is 8.59. The Hall–Kier alpha value is -3.85. The molecule has 0 saturated carbocycles. The van der Waals surface area contributed by atoms with Crippen LogP contribution in [-0.2, 0) is 26.2 Å². The van der Waals surface area contributed by atoms with Gasteiger partial charge in [0.05, 0.1) is 17.7 Å². The molecular formula is C31H39N3O5S. The van der Waals surface area contributed by atoms with E-state index in [1.807, 2.05) is 39.8 Å². The molecule has 0 radical (unpaired) electrons. The Kier molecular flexibility index (Phi) is 10.7. The van der Waals surface area contributed by atoms with Crippen molar-refractivity contribution in [2.45, 2.75) is 64.1 Å². The van der Waals surface area contributed by atoms with Crippen molar-refractivity contribution in [3.05, 3.63) is 90.0 Å². The number of nitrogens with zero attached hydrogens (tertiary/aromatic N) is 2. The first-order chi connectivity index (χ1) is 19.1. The van der Waals surface area contributed by atoms with Gasteiger partial charge in [-0.25, -0.2) is 8.42 Å². The van der Waals surface area contributed by atoms with Gasteiger partial charge in [0.15, 0.2) is 0 Å². The summed E-state index contributed by atoms with van der Waals surface area (Å²) < 4.78 is 34.1. The van der Waals surface area contributed by atoms with E-state index in [0.717, 1.165) is 21.9 Å². The van der Waals surface area contributed by atoms with Gasteiger partial charge in [-0.1, -0.05) is 61.9 Å². The standard InChI is InChI=1S/C31H39N3O5S/c1-6-24(4)32-31(36)29(7-2)33(21-25-12-11-13-27(20-25)39-5)30(35)22-34(26-18-16-23(3)17-19-26)40(37,38)28-14-9-8-10-15-28/h8-20,24,29H,6-7,21-22H2,1-5H3,(H,32,36)/t24-,29-/m1/s1. The van der Waals surface area contributed by atoms with Gasteiger partial charge in [-0.2, -0.15) is 0 Å². The third-order valence-electron chi connectivity index (χ3n) is 6.81. The Labute approximate surface area is 238 Å². The van der Waals surface area contributed by atoms with Gasteiger partial charge in [-0.15, -0.1) is 0 Å². The summed E-state index contributed by atoms with van der Waals surface area (Å²) in [7, 11) is -2.53. The number of carbonyl (C=O) groups is 2. The Balaban J connectivity index is 2.05. The highest BCUT2D eigenvalue weighted by Crippen LogP contribution is 2.25. The molecule has 0 bridgehead atoms. The van der Waals surface area contributed by atoms with E-state index in [1.165, 1.54) is 17.0 Å². The lowest BCUT2D eigenvalue weighted by Crippen LogP contribution is -2.53. The van der Waals surface area contributed by atoms with Crippen molar-refractivity contribution in [1.29, 1.82) is 0 Å². The maximum atomic E-state index is 14.1.